The Kier molecular flexibility index (Phi) is 5.51. The largest absolute Gasteiger partial charge is 0.317 e. The molecule has 1 amide bonds. The maximum absolute atomic E-state index is 12.4. The lowest BCUT2D eigenvalue weighted by Crippen LogP contribution is -2.19. The summed E-state index contributed by atoms with van der Waals surface area (Å²) in [5, 5.41) is 4.79. The van der Waals surface area contributed by atoms with Crippen molar-refractivity contribution in [1.82, 2.24) is 9.88 Å². The molecule has 0 radical (unpaired) electrons. The second-order valence-electron chi connectivity index (χ2n) is 5.86. The number of aliphatic imine (C=N–C) groups is 1. The molecule has 28 heavy (non-hydrogen) atoms. The first-order chi connectivity index (χ1) is 13.5. The number of thioether (sulfide) groups is 1. The van der Waals surface area contributed by atoms with Crippen LogP contribution in [0, 0.1) is 0 Å². The molecule has 8 heteroatoms. The topological polar surface area (TPSA) is 46.4 Å². The number of nitrogens with one attached hydrogen (secondary N) is 1. The summed E-state index contributed by atoms with van der Waals surface area (Å²) in [6.45, 7) is 0. The Bertz CT molecular complexity index is 1120. The maximum atomic E-state index is 12.4. The third kappa shape index (κ3) is 4.13. The number of nitrogens with zero attached hydrogens (tertiary/aromatic N) is 2. The molecule has 4 rings (SSSR count). The number of amidine groups is 1. The van der Waals surface area contributed by atoms with E-state index in [4.69, 9.17) is 34.8 Å². The Labute approximate surface area is 180 Å². The highest BCUT2D eigenvalue weighted by Gasteiger charge is 2.24. The SMILES string of the molecule is O=C1NC(=Nc2ccc(Cl)c(Cl)c2)S/C1=C\c1cccn1-c1ccc(Cl)cc1. The monoisotopic (exact) mass is 447 g/mol. The minimum Gasteiger partial charge on any atom is -0.317 e. The number of hydrogen-bond donors (Lipinski definition) is 1. The van der Waals surface area contributed by atoms with Crippen LogP contribution in [0.1, 0.15) is 5.69 Å². The van der Waals surface area contributed by atoms with E-state index < -0.39 is 0 Å². The average Bonchev–Trinajstić information content (AvgIpc) is 3.26. The molecule has 3 aromatic rings. The average molecular weight is 449 g/mol. The van der Waals surface area contributed by atoms with Crippen molar-refractivity contribution in [2.45, 2.75) is 0 Å². The van der Waals surface area contributed by atoms with Gasteiger partial charge in [-0.25, -0.2) is 4.99 Å². The summed E-state index contributed by atoms with van der Waals surface area (Å²) < 4.78 is 1.98. The van der Waals surface area contributed by atoms with Crippen LogP contribution >= 0.6 is 46.6 Å². The number of benzene rings is 2. The number of carbonyl (C=O) groups excluding carboxylic acids is 1. The summed E-state index contributed by atoms with van der Waals surface area (Å²) in [7, 11) is 0. The van der Waals surface area contributed by atoms with E-state index >= 15 is 0 Å². The van der Waals surface area contributed by atoms with Crippen LogP contribution in [0.4, 0.5) is 5.69 Å². The van der Waals surface area contributed by atoms with Gasteiger partial charge in [-0.15, -0.1) is 0 Å². The zero-order valence-electron chi connectivity index (χ0n) is 14.2. The lowest BCUT2D eigenvalue weighted by molar-refractivity contribution is -0.115. The lowest BCUT2D eigenvalue weighted by atomic mass is 10.3. The van der Waals surface area contributed by atoms with Gasteiger partial charge in [0.2, 0.25) is 0 Å². The maximum Gasteiger partial charge on any atom is 0.264 e. The predicted octanol–water partition coefficient (Wildman–Crippen LogP) is 6.33. The van der Waals surface area contributed by atoms with Gasteiger partial charge >= 0.3 is 0 Å². The van der Waals surface area contributed by atoms with Crippen molar-refractivity contribution in [3.05, 3.63) is 86.5 Å². The molecule has 0 bridgehead atoms. The molecule has 1 aliphatic heterocycles. The second kappa shape index (κ2) is 8.05. The van der Waals surface area contributed by atoms with Crippen molar-refractivity contribution in [2.24, 2.45) is 4.99 Å². The van der Waals surface area contributed by atoms with Gasteiger partial charge in [-0.1, -0.05) is 34.8 Å². The predicted molar refractivity (Wildman–Crippen MR) is 118 cm³/mol. The Hall–Kier alpha value is -2.18. The van der Waals surface area contributed by atoms with Gasteiger partial charge in [0, 0.05) is 22.6 Å². The van der Waals surface area contributed by atoms with Crippen molar-refractivity contribution in [1.29, 1.82) is 0 Å². The van der Waals surface area contributed by atoms with Crippen LogP contribution in [0.25, 0.3) is 11.8 Å². The highest BCUT2D eigenvalue weighted by atomic mass is 35.5. The van der Waals surface area contributed by atoms with Gasteiger partial charge in [-0.2, -0.15) is 0 Å². The van der Waals surface area contributed by atoms with E-state index in [1.54, 1.807) is 18.2 Å². The molecule has 0 spiro atoms. The van der Waals surface area contributed by atoms with Gasteiger partial charge in [-0.3, -0.25) is 4.79 Å². The van der Waals surface area contributed by atoms with Gasteiger partial charge in [0.15, 0.2) is 5.17 Å². The number of halogens is 3. The van der Waals surface area contributed by atoms with Gasteiger partial charge in [-0.05, 0) is 72.4 Å². The fraction of sp³-hybridized carbons (Fsp3) is 0. The summed E-state index contributed by atoms with van der Waals surface area (Å²) in [4.78, 5) is 17.3. The summed E-state index contributed by atoms with van der Waals surface area (Å²) in [6.07, 6.45) is 3.75. The van der Waals surface area contributed by atoms with Crippen LogP contribution in [0.3, 0.4) is 0 Å². The Morgan fingerprint density at radius 1 is 1.00 bits per heavy atom. The summed E-state index contributed by atoms with van der Waals surface area (Å²) in [5.74, 6) is -0.201. The van der Waals surface area contributed by atoms with Crippen LogP contribution in [-0.2, 0) is 4.79 Å². The molecule has 140 valence electrons. The minimum absolute atomic E-state index is 0.201. The van der Waals surface area contributed by atoms with E-state index in [-0.39, 0.29) is 5.91 Å². The quantitative estimate of drug-likeness (QED) is 0.476. The molecular weight excluding hydrogens is 437 g/mol. The molecule has 0 saturated carbocycles. The third-order valence-electron chi connectivity index (χ3n) is 3.95. The summed E-state index contributed by atoms with van der Waals surface area (Å²) >= 11 is 19.2. The van der Waals surface area contributed by atoms with Gasteiger partial charge < -0.3 is 9.88 Å². The van der Waals surface area contributed by atoms with Crippen molar-refractivity contribution in [2.75, 3.05) is 0 Å². The molecule has 0 atom stereocenters. The first-order valence-corrected chi connectivity index (χ1v) is 10.1. The minimum atomic E-state index is -0.201. The van der Waals surface area contributed by atoms with Crippen LogP contribution < -0.4 is 5.32 Å². The Morgan fingerprint density at radius 2 is 1.79 bits per heavy atom. The lowest BCUT2D eigenvalue weighted by Gasteiger charge is -2.06. The molecule has 0 unspecified atom stereocenters. The first-order valence-electron chi connectivity index (χ1n) is 8.17. The number of carbonyl (C=O) groups is 1. The molecule has 1 N–H and O–H groups in total. The smallest absolute Gasteiger partial charge is 0.264 e. The highest BCUT2D eigenvalue weighted by Crippen LogP contribution is 2.31. The van der Waals surface area contributed by atoms with Crippen LogP contribution in [0.15, 0.2) is 70.7 Å². The van der Waals surface area contributed by atoms with Crippen LogP contribution in [0.2, 0.25) is 15.1 Å². The normalized spacial score (nSPS) is 16.8. The third-order valence-corrected chi connectivity index (χ3v) is 5.85. The van der Waals surface area contributed by atoms with Crippen molar-refractivity contribution in [3.8, 4) is 5.69 Å². The van der Waals surface area contributed by atoms with Gasteiger partial charge in [0.05, 0.1) is 20.6 Å². The van der Waals surface area contributed by atoms with Crippen LogP contribution in [-0.4, -0.2) is 15.6 Å². The van der Waals surface area contributed by atoms with E-state index in [0.29, 0.717) is 30.8 Å². The first kappa shape index (κ1) is 19.2. The summed E-state index contributed by atoms with van der Waals surface area (Å²) in [5.41, 5.74) is 2.44. The summed E-state index contributed by atoms with van der Waals surface area (Å²) in [6, 6.07) is 16.4. The Morgan fingerprint density at radius 3 is 2.54 bits per heavy atom. The van der Waals surface area contributed by atoms with E-state index in [2.05, 4.69) is 10.3 Å². The van der Waals surface area contributed by atoms with Crippen molar-refractivity contribution in [3.63, 3.8) is 0 Å². The van der Waals surface area contributed by atoms with Crippen molar-refractivity contribution >= 4 is 69.4 Å². The van der Waals surface area contributed by atoms with Crippen molar-refractivity contribution < 1.29 is 4.79 Å². The molecule has 1 aliphatic rings. The molecule has 4 nitrogen and oxygen atoms in total. The zero-order chi connectivity index (χ0) is 19.7. The number of hydrogen-bond acceptors (Lipinski definition) is 3. The number of aromatic nitrogens is 1. The van der Waals surface area contributed by atoms with Gasteiger partial charge in [0.25, 0.3) is 5.91 Å². The molecule has 1 saturated heterocycles. The molecule has 0 aliphatic carbocycles. The molecule has 2 aromatic carbocycles. The Balaban J connectivity index is 1.61. The molecule has 1 fully saturated rings. The fourth-order valence-electron chi connectivity index (χ4n) is 2.64. The molecule has 2 heterocycles. The second-order valence-corrected chi connectivity index (χ2v) is 8.14. The fourth-order valence-corrected chi connectivity index (χ4v) is 3.88. The zero-order valence-corrected chi connectivity index (χ0v) is 17.3. The number of rotatable bonds is 3. The molecular formula is C20H12Cl3N3OS. The highest BCUT2D eigenvalue weighted by molar-refractivity contribution is 8.18. The van der Waals surface area contributed by atoms with E-state index in [0.717, 1.165) is 11.4 Å². The molecule has 1 aromatic heterocycles. The van der Waals surface area contributed by atoms with Gasteiger partial charge in [0.1, 0.15) is 0 Å². The van der Waals surface area contributed by atoms with E-state index in [1.165, 1.54) is 11.8 Å². The van der Waals surface area contributed by atoms with Crippen LogP contribution in [0.5, 0.6) is 0 Å². The number of amides is 1. The van der Waals surface area contributed by atoms with E-state index in [9.17, 15) is 4.79 Å². The van der Waals surface area contributed by atoms with E-state index in [1.807, 2.05) is 53.2 Å². The standard InChI is InChI=1S/C20H12Cl3N3OS/c21-12-3-6-14(7-4-12)26-9-1-2-15(26)11-18-19(27)25-20(28-18)24-13-5-8-16(22)17(23)10-13/h1-11H,(H,24,25,27)/b18-11-.